The molecule has 0 aliphatic heterocycles. The van der Waals surface area contributed by atoms with E-state index in [4.69, 9.17) is 0 Å². The molecule has 70 valence electrons. The van der Waals surface area contributed by atoms with Crippen LogP contribution in [0, 0.1) is 6.92 Å². The minimum absolute atomic E-state index is 0.875. The van der Waals surface area contributed by atoms with Crippen molar-refractivity contribution in [3.63, 3.8) is 0 Å². The van der Waals surface area contributed by atoms with Crippen LogP contribution in [0.4, 0.5) is 0 Å². The van der Waals surface area contributed by atoms with Crippen LogP contribution in [0.3, 0.4) is 0 Å². The Morgan fingerprint density at radius 1 is 1.38 bits per heavy atom. The van der Waals surface area contributed by atoms with Crippen LogP contribution in [0.15, 0.2) is 29.6 Å². The Morgan fingerprint density at radius 2 is 2.08 bits per heavy atom. The molecule has 0 N–H and O–H groups in total. The lowest BCUT2D eigenvalue weighted by atomic mass is 10.3. The standard InChI is InChI=1S/C8H8N2S.C2H6/c1-6-2-3-10-7(4-6)9-5-8(10)11;1-2/h2-5,11H,1H3;1-2H3. The number of rotatable bonds is 0. The molecule has 3 heteroatoms. The third-order valence-electron chi connectivity index (χ3n) is 1.65. The first-order chi connectivity index (χ1) is 6.27. The third-order valence-corrected chi connectivity index (χ3v) is 1.98. The molecule has 0 bridgehead atoms. The van der Waals surface area contributed by atoms with Crippen LogP contribution < -0.4 is 0 Å². The van der Waals surface area contributed by atoms with Gasteiger partial charge in [0.1, 0.15) is 5.65 Å². The van der Waals surface area contributed by atoms with Gasteiger partial charge in [-0.15, -0.1) is 12.6 Å². The van der Waals surface area contributed by atoms with E-state index < -0.39 is 0 Å². The summed E-state index contributed by atoms with van der Waals surface area (Å²) in [6, 6.07) is 4.06. The summed E-state index contributed by atoms with van der Waals surface area (Å²) in [7, 11) is 0. The number of hydrogen-bond donors (Lipinski definition) is 1. The Labute approximate surface area is 84.0 Å². The Bertz CT molecular complexity index is 393. The van der Waals surface area contributed by atoms with E-state index in [9.17, 15) is 0 Å². The third kappa shape index (κ3) is 2.04. The summed E-state index contributed by atoms with van der Waals surface area (Å²) in [5, 5.41) is 0.875. The molecule has 2 heterocycles. The topological polar surface area (TPSA) is 17.3 Å². The molecule has 0 aromatic carbocycles. The first-order valence-corrected chi connectivity index (χ1v) is 4.85. The average molecular weight is 194 g/mol. The molecule has 0 unspecified atom stereocenters. The second-order valence-corrected chi connectivity index (χ2v) is 3.01. The Morgan fingerprint density at radius 3 is 2.77 bits per heavy atom. The molecule has 0 saturated carbocycles. The number of hydrogen-bond acceptors (Lipinski definition) is 2. The van der Waals surface area contributed by atoms with E-state index in [0.717, 1.165) is 10.7 Å². The minimum Gasteiger partial charge on any atom is -0.295 e. The largest absolute Gasteiger partial charge is 0.295 e. The van der Waals surface area contributed by atoms with Gasteiger partial charge in [0.2, 0.25) is 0 Å². The molecule has 13 heavy (non-hydrogen) atoms. The van der Waals surface area contributed by atoms with Crippen molar-refractivity contribution in [2.75, 3.05) is 0 Å². The predicted octanol–water partition coefficient (Wildman–Crippen LogP) is 2.96. The monoisotopic (exact) mass is 194 g/mol. The van der Waals surface area contributed by atoms with Crippen molar-refractivity contribution in [2.24, 2.45) is 0 Å². The molecule has 0 aliphatic carbocycles. The molecule has 0 radical (unpaired) electrons. The second kappa shape index (κ2) is 4.33. The van der Waals surface area contributed by atoms with Gasteiger partial charge in [-0.3, -0.25) is 4.40 Å². The van der Waals surface area contributed by atoms with Crippen molar-refractivity contribution in [2.45, 2.75) is 25.8 Å². The van der Waals surface area contributed by atoms with E-state index in [-0.39, 0.29) is 0 Å². The van der Waals surface area contributed by atoms with Crippen molar-refractivity contribution < 1.29 is 0 Å². The van der Waals surface area contributed by atoms with Gasteiger partial charge in [-0.25, -0.2) is 4.98 Å². The van der Waals surface area contributed by atoms with E-state index in [2.05, 4.69) is 17.6 Å². The second-order valence-electron chi connectivity index (χ2n) is 2.55. The molecule has 0 aliphatic rings. The Hall–Kier alpha value is -0.960. The maximum Gasteiger partial charge on any atom is 0.137 e. The van der Waals surface area contributed by atoms with Gasteiger partial charge in [0.15, 0.2) is 0 Å². The summed E-state index contributed by atoms with van der Waals surface area (Å²) < 4.78 is 1.94. The molecular formula is C10H14N2S. The zero-order chi connectivity index (χ0) is 9.84. The molecule has 2 rings (SSSR count). The molecule has 2 aromatic heterocycles. The highest BCUT2D eigenvalue weighted by molar-refractivity contribution is 7.80. The van der Waals surface area contributed by atoms with Crippen molar-refractivity contribution in [1.29, 1.82) is 0 Å². The zero-order valence-electron chi connectivity index (χ0n) is 8.15. The number of nitrogens with zero attached hydrogens (tertiary/aromatic N) is 2. The zero-order valence-corrected chi connectivity index (χ0v) is 9.05. The summed E-state index contributed by atoms with van der Waals surface area (Å²) in [6.07, 6.45) is 3.72. The number of pyridine rings is 1. The van der Waals surface area contributed by atoms with Crippen LogP contribution in [0.25, 0.3) is 5.65 Å². The quantitative estimate of drug-likeness (QED) is 0.638. The number of aryl methyl sites for hydroxylation is 1. The van der Waals surface area contributed by atoms with Gasteiger partial charge in [-0.2, -0.15) is 0 Å². The summed E-state index contributed by atoms with van der Waals surface area (Å²) >= 11 is 4.24. The van der Waals surface area contributed by atoms with E-state index >= 15 is 0 Å². The van der Waals surface area contributed by atoms with Gasteiger partial charge in [-0.05, 0) is 24.6 Å². The highest BCUT2D eigenvalue weighted by Crippen LogP contribution is 2.10. The van der Waals surface area contributed by atoms with Crippen LogP contribution >= 0.6 is 12.6 Å². The average Bonchev–Trinajstić information content (AvgIpc) is 2.51. The molecule has 0 spiro atoms. The molecule has 0 atom stereocenters. The SMILES string of the molecule is CC.Cc1ccn2c(S)cnc2c1. The van der Waals surface area contributed by atoms with Crippen molar-refractivity contribution >= 4 is 18.3 Å². The van der Waals surface area contributed by atoms with E-state index in [1.54, 1.807) is 6.20 Å². The summed E-state index contributed by atoms with van der Waals surface area (Å²) in [5.41, 5.74) is 2.17. The lowest BCUT2D eigenvalue weighted by Gasteiger charge is -1.95. The predicted molar refractivity (Wildman–Crippen MR) is 58.5 cm³/mol. The van der Waals surface area contributed by atoms with Crippen LogP contribution in [-0.2, 0) is 0 Å². The fourth-order valence-electron chi connectivity index (χ4n) is 1.07. The first kappa shape index (κ1) is 10.1. The summed E-state index contributed by atoms with van der Waals surface area (Å²) in [4.78, 5) is 4.17. The van der Waals surface area contributed by atoms with Crippen molar-refractivity contribution in [3.8, 4) is 0 Å². The van der Waals surface area contributed by atoms with Gasteiger partial charge >= 0.3 is 0 Å². The van der Waals surface area contributed by atoms with E-state index in [1.165, 1.54) is 5.56 Å². The normalized spacial score (nSPS) is 9.54. The van der Waals surface area contributed by atoms with Gasteiger partial charge in [0.05, 0.1) is 11.2 Å². The van der Waals surface area contributed by atoms with Gasteiger partial charge in [-0.1, -0.05) is 13.8 Å². The Balaban J connectivity index is 0.000000396. The first-order valence-electron chi connectivity index (χ1n) is 4.40. The summed E-state index contributed by atoms with van der Waals surface area (Å²) in [5.74, 6) is 0. The van der Waals surface area contributed by atoms with Gasteiger partial charge < -0.3 is 0 Å². The highest BCUT2D eigenvalue weighted by Gasteiger charge is 1.96. The van der Waals surface area contributed by atoms with Gasteiger partial charge in [0, 0.05) is 6.20 Å². The number of thiol groups is 1. The fraction of sp³-hybridized carbons (Fsp3) is 0.300. The maximum absolute atomic E-state index is 4.24. The lowest BCUT2D eigenvalue weighted by Crippen LogP contribution is -1.84. The maximum atomic E-state index is 4.24. The molecule has 0 amide bonds. The molecule has 2 nitrogen and oxygen atoms in total. The van der Waals surface area contributed by atoms with E-state index in [1.807, 2.05) is 43.5 Å². The molecule has 0 saturated heterocycles. The minimum atomic E-state index is 0.875. The number of imidazole rings is 1. The van der Waals surface area contributed by atoms with Gasteiger partial charge in [0.25, 0.3) is 0 Å². The molecule has 0 fully saturated rings. The highest BCUT2D eigenvalue weighted by atomic mass is 32.1. The number of aromatic nitrogens is 2. The summed E-state index contributed by atoms with van der Waals surface area (Å²) in [6.45, 7) is 6.05. The van der Waals surface area contributed by atoms with Crippen molar-refractivity contribution in [1.82, 2.24) is 9.38 Å². The van der Waals surface area contributed by atoms with Crippen LogP contribution in [-0.4, -0.2) is 9.38 Å². The van der Waals surface area contributed by atoms with Crippen LogP contribution in [0.5, 0.6) is 0 Å². The lowest BCUT2D eigenvalue weighted by molar-refractivity contribution is 1.05. The van der Waals surface area contributed by atoms with E-state index in [0.29, 0.717) is 0 Å². The number of fused-ring (bicyclic) bond motifs is 1. The van der Waals surface area contributed by atoms with Crippen LogP contribution in [0.2, 0.25) is 0 Å². The van der Waals surface area contributed by atoms with Crippen molar-refractivity contribution in [3.05, 3.63) is 30.1 Å². The van der Waals surface area contributed by atoms with Crippen LogP contribution in [0.1, 0.15) is 19.4 Å². The molecule has 2 aromatic rings. The molecular weight excluding hydrogens is 180 g/mol. The smallest absolute Gasteiger partial charge is 0.137 e. The Kier molecular flexibility index (Phi) is 3.37. The fourth-order valence-corrected chi connectivity index (χ4v) is 1.30.